The van der Waals surface area contributed by atoms with Crippen molar-refractivity contribution < 1.29 is 23.8 Å². The van der Waals surface area contributed by atoms with E-state index in [1.54, 1.807) is 0 Å². The molecule has 1 N–H and O–H groups in total. The van der Waals surface area contributed by atoms with Crippen LogP contribution in [-0.2, 0) is 27.4 Å². The van der Waals surface area contributed by atoms with Crippen LogP contribution in [0.2, 0.25) is 0 Å². The van der Waals surface area contributed by atoms with Gasteiger partial charge in [-0.1, -0.05) is 18.2 Å². The SMILES string of the molecule is CC(C)(C)OC(=O)N1C2COCC1CC(NC(=O)c1c3n(c4ccccc14)CCCOC3)C2. The molecule has 1 aromatic carbocycles. The fraction of sp³-hybridized carbons (Fsp3) is 0.600. The second-order valence-corrected chi connectivity index (χ2v) is 10.3. The number of morpholine rings is 1. The molecule has 1 aromatic heterocycles. The van der Waals surface area contributed by atoms with Gasteiger partial charge in [-0.05, 0) is 46.1 Å². The molecule has 0 spiro atoms. The maximum Gasteiger partial charge on any atom is 0.410 e. The number of hydrogen-bond donors (Lipinski definition) is 1. The maximum atomic E-state index is 13.6. The van der Waals surface area contributed by atoms with Gasteiger partial charge in [0.05, 0.1) is 43.2 Å². The van der Waals surface area contributed by atoms with Crippen molar-refractivity contribution in [3.63, 3.8) is 0 Å². The Kier molecular flexibility index (Phi) is 5.82. The monoisotopic (exact) mass is 455 g/mol. The average molecular weight is 456 g/mol. The Morgan fingerprint density at radius 2 is 1.82 bits per heavy atom. The molecule has 0 aliphatic carbocycles. The molecular formula is C25H33N3O5. The van der Waals surface area contributed by atoms with Crippen molar-refractivity contribution in [3.05, 3.63) is 35.5 Å². The first-order valence-corrected chi connectivity index (χ1v) is 11.9. The Labute approximate surface area is 194 Å². The maximum absolute atomic E-state index is 13.6. The van der Waals surface area contributed by atoms with Gasteiger partial charge in [-0.25, -0.2) is 4.79 Å². The molecule has 33 heavy (non-hydrogen) atoms. The number of amides is 2. The summed E-state index contributed by atoms with van der Waals surface area (Å²) in [7, 11) is 0. The first-order valence-electron chi connectivity index (χ1n) is 11.9. The van der Waals surface area contributed by atoms with Gasteiger partial charge in [0.2, 0.25) is 0 Å². The van der Waals surface area contributed by atoms with E-state index in [4.69, 9.17) is 14.2 Å². The highest BCUT2D eigenvalue weighted by Gasteiger charge is 2.44. The number of ether oxygens (including phenoxy) is 3. The molecule has 5 rings (SSSR count). The van der Waals surface area contributed by atoms with E-state index in [-0.39, 0.29) is 30.1 Å². The second kappa shape index (κ2) is 8.65. The summed E-state index contributed by atoms with van der Waals surface area (Å²) >= 11 is 0. The predicted octanol–water partition coefficient (Wildman–Crippen LogP) is 3.46. The van der Waals surface area contributed by atoms with Crippen molar-refractivity contribution in [3.8, 4) is 0 Å². The van der Waals surface area contributed by atoms with E-state index in [1.807, 2.05) is 43.9 Å². The Balaban J connectivity index is 1.36. The lowest BCUT2D eigenvalue weighted by Gasteiger charge is -2.48. The van der Waals surface area contributed by atoms with Crippen LogP contribution in [0.3, 0.4) is 0 Å². The van der Waals surface area contributed by atoms with Crippen molar-refractivity contribution in [1.29, 1.82) is 0 Å². The number of hydrogen-bond acceptors (Lipinski definition) is 5. The first kappa shape index (κ1) is 22.2. The third-order valence-electron chi connectivity index (χ3n) is 6.67. The van der Waals surface area contributed by atoms with Crippen molar-refractivity contribution in [1.82, 2.24) is 14.8 Å². The number of piperidine rings is 1. The number of carbonyl (C=O) groups is 2. The largest absolute Gasteiger partial charge is 0.444 e. The van der Waals surface area contributed by atoms with Crippen LogP contribution < -0.4 is 5.32 Å². The van der Waals surface area contributed by atoms with Crippen LogP contribution in [0, 0.1) is 0 Å². The summed E-state index contributed by atoms with van der Waals surface area (Å²) in [5.74, 6) is -0.0693. The smallest absolute Gasteiger partial charge is 0.410 e. The van der Waals surface area contributed by atoms with Crippen molar-refractivity contribution in [2.75, 3.05) is 19.8 Å². The number of aryl methyl sites for hydroxylation is 1. The third-order valence-corrected chi connectivity index (χ3v) is 6.67. The Morgan fingerprint density at radius 1 is 1.09 bits per heavy atom. The molecule has 178 valence electrons. The van der Waals surface area contributed by atoms with E-state index < -0.39 is 5.60 Å². The van der Waals surface area contributed by atoms with E-state index in [1.165, 1.54) is 0 Å². The van der Waals surface area contributed by atoms with Crippen molar-refractivity contribution in [2.24, 2.45) is 0 Å². The lowest BCUT2D eigenvalue weighted by molar-refractivity contribution is -0.0835. The number of benzene rings is 1. The first-order chi connectivity index (χ1) is 15.8. The van der Waals surface area contributed by atoms with E-state index in [0.29, 0.717) is 44.8 Å². The molecule has 2 aromatic rings. The Bertz CT molecular complexity index is 1040. The zero-order chi connectivity index (χ0) is 23.2. The summed E-state index contributed by atoms with van der Waals surface area (Å²) in [6, 6.07) is 7.82. The molecule has 2 bridgehead atoms. The van der Waals surface area contributed by atoms with Crippen molar-refractivity contribution >= 4 is 22.9 Å². The van der Waals surface area contributed by atoms with Gasteiger partial charge in [0.1, 0.15) is 5.60 Å². The van der Waals surface area contributed by atoms with Gasteiger partial charge in [0.25, 0.3) is 5.91 Å². The molecule has 2 amide bonds. The van der Waals surface area contributed by atoms with Crippen LogP contribution in [0.1, 0.15) is 56.1 Å². The predicted molar refractivity (Wildman–Crippen MR) is 123 cm³/mol. The third kappa shape index (κ3) is 4.34. The van der Waals surface area contributed by atoms with Crippen LogP contribution in [-0.4, -0.2) is 65.0 Å². The minimum atomic E-state index is -0.548. The fourth-order valence-corrected chi connectivity index (χ4v) is 5.41. The summed E-state index contributed by atoms with van der Waals surface area (Å²) in [5.41, 5.74) is 2.19. The van der Waals surface area contributed by atoms with Crippen LogP contribution in [0.5, 0.6) is 0 Å². The molecule has 3 aliphatic rings. The van der Waals surface area contributed by atoms with E-state index >= 15 is 0 Å². The van der Waals surface area contributed by atoms with Gasteiger partial charge >= 0.3 is 6.09 Å². The van der Waals surface area contributed by atoms with Gasteiger partial charge < -0.3 is 24.1 Å². The number of nitrogens with zero attached hydrogens (tertiary/aromatic N) is 2. The van der Waals surface area contributed by atoms with Gasteiger partial charge in [0, 0.05) is 30.1 Å². The van der Waals surface area contributed by atoms with Gasteiger partial charge in [-0.2, -0.15) is 0 Å². The highest BCUT2D eigenvalue weighted by atomic mass is 16.6. The highest BCUT2D eigenvalue weighted by Crippen LogP contribution is 2.32. The number of nitrogens with one attached hydrogen (secondary N) is 1. The molecule has 0 saturated carbocycles. The van der Waals surface area contributed by atoms with Crippen LogP contribution in [0.15, 0.2) is 24.3 Å². The summed E-state index contributed by atoms with van der Waals surface area (Å²) in [6.07, 6.45) is 1.92. The number of fused-ring (bicyclic) bond motifs is 5. The summed E-state index contributed by atoms with van der Waals surface area (Å²) in [5, 5.41) is 4.24. The molecule has 4 heterocycles. The van der Waals surface area contributed by atoms with Crippen LogP contribution >= 0.6 is 0 Å². The highest BCUT2D eigenvalue weighted by molar-refractivity contribution is 6.08. The molecule has 2 unspecified atom stereocenters. The van der Waals surface area contributed by atoms with Gasteiger partial charge in [-0.3, -0.25) is 9.69 Å². The number of rotatable bonds is 2. The molecule has 2 fully saturated rings. The van der Waals surface area contributed by atoms with E-state index in [0.717, 1.165) is 29.6 Å². The number of aromatic nitrogens is 1. The topological polar surface area (TPSA) is 82.0 Å². The normalized spacial score (nSPS) is 25.3. The van der Waals surface area contributed by atoms with Crippen LogP contribution in [0.4, 0.5) is 4.79 Å². The fourth-order valence-electron chi connectivity index (χ4n) is 5.41. The second-order valence-electron chi connectivity index (χ2n) is 10.3. The van der Waals surface area contributed by atoms with E-state index in [2.05, 4.69) is 16.0 Å². The molecule has 3 aliphatic heterocycles. The zero-order valence-electron chi connectivity index (χ0n) is 19.6. The summed E-state index contributed by atoms with van der Waals surface area (Å²) < 4.78 is 19.4. The lowest BCUT2D eigenvalue weighted by Crippen LogP contribution is -2.63. The summed E-state index contributed by atoms with van der Waals surface area (Å²) in [4.78, 5) is 28.2. The average Bonchev–Trinajstić information content (AvgIpc) is 2.87. The molecule has 8 nitrogen and oxygen atoms in total. The number of para-hydroxylation sites is 1. The molecule has 2 saturated heterocycles. The summed E-state index contributed by atoms with van der Waals surface area (Å²) in [6.45, 7) is 8.52. The minimum Gasteiger partial charge on any atom is -0.444 e. The van der Waals surface area contributed by atoms with Crippen molar-refractivity contribution in [2.45, 2.75) is 76.9 Å². The number of carbonyl (C=O) groups excluding carboxylic acids is 2. The lowest BCUT2D eigenvalue weighted by atomic mass is 9.90. The Hall–Kier alpha value is -2.58. The molecular weight excluding hydrogens is 422 g/mol. The molecule has 0 radical (unpaired) electrons. The minimum absolute atomic E-state index is 0.0314. The standard InChI is InChI=1S/C25H33N3O5/c1-25(2,3)33-24(30)28-17-11-16(12-18(28)14-32-13-17)26-23(29)22-19-7-4-5-8-20(19)27-9-6-10-31-15-21(22)27/h4-5,7-8,16-18H,6,9-15H2,1-3H3,(H,26,29). The quantitative estimate of drug-likeness (QED) is 0.750. The van der Waals surface area contributed by atoms with Gasteiger partial charge in [-0.15, -0.1) is 0 Å². The zero-order valence-corrected chi connectivity index (χ0v) is 19.6. The van der Waals surface area contributed by atoms with Crippen LogP contribution in [0.25, 0.3) is 10.9 Å². The van der Waals surface area contributed by atoms with E-state index in [9.17, 15) is 9.59 Å². The molecule has 8 heteroatoms. The van der Waals surface area contributed by atoms with Gasteiger partial charge in [0.15, 0.2) is 0 Å². The molecule has 2 atom stereocenters. The Morgan fingerprint density at radius 3 is 2.55 bits per heavy atom.